The first-order chi connectivity index (χ1) is 7.38. The summed E-state index contributed by atoms with van der Waals surface area (Å²) in [6.45, 7) is 0. The molecular formula is C8H7N7. The predicted octanol–water partition coefficient (Wildman–Crippen LogP) is 0.338. The lowest BCUT2D eigenvalue weighted by molar-refractivity contribution is 0.955. The average Bonchev–Trinajstić information content (AvgIpc) is 2.72. The van der Waals surface area contributed by atoms with Gasteiger partial charge < -0.3 is 5.32 Å². The van der Waals surface area contributed by atoms with Crippen molar-refractivity contribution in [3.05, 3.63) is 12.4 Å². The van der Waals surface area contributed by atoms with Crippen LogP contribution in [0.3, 0.4) is 0 Å². The number of H-pyrrole nitrogens is 1. The van der Waals surface area contributed by atoms with Crippen molar-refractivity contribution in [3.8, 4) is 0 Å². The third-order valence-corrected chi connectivity index (χ3v) is 2.15. The molecule has 3 heterocycles. The van der Waals surface area contributed by atoms with Crippen LogP contribution < -0.4 is 5.32 Å². The van der Waals surface area contributed by atoms with Gasteiger partial charge in [0.2, 0.25) is 5.65 Å². The van der Waals surface area contributed by atoms with Crippen LogP contribution in [0.15, 0.2) is 12.4 Å². The van der Waals surface area contributed by atoms with Crippen molar-refractivity contribution < 1.29 is 0 Å². The molecule has 7 heteroatoms. The van der Waals surface area contributed by atoms with E-state index in [4.69, 9.17) is 0 Å². The molecule has 0 aromatic carbocycles. The summed E-state index contributed by atoms with van der Waals surface area (Å²) in [5.74, 6) is 0.734. The fourth-order valence-corrected chi connectivity index (χ4v) is 1.46. The van der Waals surface area contributed by atoms with Gasteiger partial charge in [0.05, 0.1) is 5.39 Å². The van der Waals surface area contributed by atoms with Crippen molar-refractivity contribution in [3.63, 3.8) is 0 Å². The van der Waals surface area contributed by atoms with E-state index >= 15 is 0 Å². The Morgan fingerprint density at radius 3 is 3.00 bits per heavy atom. The molecule has 0 radical (unpaired) electrons. The lowest BCUT2D eigenvalue weighted by Crippen LogP contribution is -1.96. The minimum atomic E-state index is 0.559. The van der Waals surface area contributed by atoms with Gasteiger partial charge in [-0.1, -0.05) is 0 Å². The molecular weight excluding hydrogens is 194 g/mol. The van der Waals surface area contributed by atoms with Crippen LogP contribution in [0.5, 0.6) is 0 Å². The van der Waals surface area contributed by atoms with Crippen molar-refractivity contribution in [1.29, 1.82) is 0 Å². The summed E-state index contributed by atoms with van der Waals surface area (Å²) in [5.41, 5.74) is 1.87. The molecule has 0 bridgehead atoms. The van der Waals surface area contributed by atoms with Crippen LogP contribution in [-0.4, -0.2) is 37.4 Å². The minimum Gasteiger partial charge on any atom is -0.372 e. The number of anilines is 1. The van der Waals surface area contributed by atoms with E-state index in [1.165, 1.54) is 6.33 Å². The van der Waals surface area contributed by atoms with Gasteiger partial charge in [0, 0.05) is 7.05 Å². The third kappa shape index (κ3) is 1.09. The lowest BCUT2D eigenvalue weighted by Gasteiger charge is -2.01. The number of pyridine rings is 1. The zero-order valence-corrected chi connectivity index (χ0v) is 7.89. The van der Waals surface area contributed by atoms with E-state index in [2.05, 4.69) is 35.7 Å². The Morgan fingerprint density at radius 1 is 1.20 bits per heavy atom. The number of aromatic amines is 1. The molecule has 7 nitrogen and oxygen atoms in total. The average molecular weight is 201 g/mol. The highest BCUT2D eigenvalue weighted by molar-refractivity contribution is 5.93. The predicted molar refractivity (Wildman–Crippen MR) is 54.3 cm³/mol. The molecule has 3 rings (SSSR count). The SMILES string of the molecule is CNc1ncnc2nc3n[nH]nc3cc12. The summed E-state index contributed by atoms with van der Waals surface area (Å²) in [5, 5.41) is 14.2. The number of nitrogens with one attached hydrogen (secondary N) is 2. The van der Waals surface area contributed by atoms with Crippen LogP contribution in [0.4, 0.5) is 5.82 Å². The molecule has 0 saturated heterocycles. The van der Waals surface area contributed by atoms with Gasteiger partial charge in [0.1, 0.15) is 17.7 Å². The number of aromatic nitrogens is 6. The Bertz CT molecular complexity index is 629. The highest BCUT2D eigenvalue weighted by Crippen LogP contribution is 2.19. The third-order valence-electron chi connectivity index (χ3n) is 2.15. The summed E-state index contributed by atoms with van der Waals surface area (Å²) in [6.07, 6.45) is 1.47. The second-order valence-electron chi connectivity index (χ2n) is 3.00. The lowest BCUT2D eigenvalue weighted by atomic mass is 10.3. The van der Waals surface area contributed by atoms with Crippen LogP contribution in [-0.2, 0) is 0 Å². The zero-order valence-electron chi connectivity index (χ0n) is 7.89. The first-order valence-corrected chi connectivity index (χ1v) is 4.38. The van der Waals surface area contributed by atoms with E-state index in [1.54, 1.807) is 7.05 Å². The highest BCUT2D eigenvalue weighted by Gasteiger charge is 2.07. The Balaban J connectivity index is 2.48. The van der Waals surface area contributed by atoms with E-state index in [-0.39, 0.29) is 0 Å². The number of fused-ring (bicyclic) bond motifs is 2. The van der Waals surface area contributed by atoms with Gasteiger partial charge in [0.25, 0.3) is 0 Å². The van der Waals surface area contributed by atoms with Gasteiger partial charge in [0.15, 0.2) is 5.65 Å². The molecule has 0 unspecified atom stereocenters. The van der Waals surface area contributed by atoms with Gasteiger partial charge >= 0.3 is 0 Å². The van der Waals surface area contributed by atoms with Gasteiger partial charge in [-0.15, -0.1) is 5.10 Å². The highest BCUT2D eigenvalue weighted by atomic mass is 15.3. The molecule has 0 saturated carbocycles. The quantitative estimate of drug-likeness (QED) is 0.589. The maximum absolute atomic E-state index is 4.25. The monoisotopic (exact) mass is 201 g/mol. The molecule has 3 aromatic rings. The Kier molecular flexibility index (Phi) is 1.52. The Morgan fingerprint density at radius 2 is 2.13 bits per heavy atom. The maximum atomic E-state index is 4.25. The summed E-state index contributed by atoms with van der Waals surface area (Å²) in [6, 6.07) is 1.85. The minimum absolute atomic E-state index is 0.559. The number of nitrogens with zero attached hydrogens (tertiary/aromatic N) is 5. The molecule has 0 aliphatic rings. The van der Waals surface area contributed by atoms with Crippen LogP contribution in [0, 0.1) is 0 Å². The van der Waals surface area contributed by atoms with E-state index in [0.717, 1.165) is 11.2 Å². The number of hydrogen-bond acceptors (Lipinski definition) is 6. The Hall–Kier alpha value is -2.31. The van der Waals surface area contributed by atoms with Crippen LogP contribution in [0.2, 0.25) is 0 Å². The second-order valence-corrected chi connectivity index (χ2v) is 3.00. The molecule has 74 valence electrons. The maximum Gasteiger partial charge on any atom is 0.203 e. The van der Waals surface area contributed by atoms with Gasteiger partial charge in [-0.2, -0.15) is 10.3 Å². The molecule has 0 aliphatic carbocycles. The standard InChI is InChI=1S/C8H7N7/c1-9-6-4-2-5-8(14-15-13-5)12-7(4)11-3-10-6/h2-3H,1H3,(H2,9,10,11,12,13,14,15). The molecule has 3 aromatic heterocycles. The van der Waals surface area contributed by atoms with E-state index < -0.39 is 0 Å². The molecule has 0 aliphatic heterocycles. The van der Waals surface area contributed by atoms with Crippen molar-refractivity contribution >= 4 is 28.0 Å². The van der Waals surface area contributed by atoms with E-state index in [9.17, 15) is 0 Å². The van der Waals surface area contributed by atoms with Crippen molar-refractivity contribution in [2.24, 2.45) is 0 Å². The first kappa shape index (κ1) is 8.04. The molecule has 2 N–H and O–H groups in total. The second kappa shape index (κ2) is 2.84. The fourth-order valence-electron chi connectivity index (χ4n) is 1.46. The van der Waals surface area contributed by atoms with Gasteiger partial charge in [-0.05, 0) is 6.07 Å². The largest absolute Gasteiger partial charge is 0.372 e. The van der Waals surface area contributed by atoms with E-state index in [1.807, 2.05) is 6.07 Å². The normalized spacial score (nSPS) is 11.0. The van der Waals surface area contributed by atoms with Gasteiger partial charge in [-0.3, -0.25) is 0 Å². The van der Waals surface area contributed by atoms with Crippen molar-refractivity contribution in [1.82, 2.24) is 30.4 Å². The van der Waals surface area contributed by atoms with E-state index in [0.29, 0.717) is 16.8 Å². The van der Waals surface area contributed by atoms with Gasteiger partial charge in [-0.25, -0.2) is 15.0 Å². The molecule has 15 heavy (non-hydrogen) atoms. The van der Waals surface area contributed by atoms with Crippen molar-refractivity contribution in [2.75, 3.05) is 12.4 Å². The molecule has 0 amide bonds. The van der Waals surface area contributed by atoms with Crippen LogP contribution in [0.25, 0.3) is 22.2 Å². The smallest absolute Gasteiger partial charge is 0.203 e. The van der Waals surface area contributed by atoms with Crippen LogP contribution in [0.1, 0.15) is 0 Å². The first-order valence-electron chi connectivity index (χ1n) is 4.38. The molecule has 0 fully saturated rings. The topological polar surface area (TPSA) is 92.3 Å². The number of rotatable bonds is 1. The van der Waals surface area contributed by atoms with Crippen LogP contribution >= 0.6 is 0 Å². The summed E-state index contributed by atoms with van der Waals surface area (Å²) in [4.78, 5) is 12.4. The molecule has 0 spiro atoms. The Labute approximate surface area is 84.0 Å². The van der Waals surface area contributed by atoms with Crippen molar-refractivity contribution in [2.45, 2.75) is 0 Å². The molecule has 0 atom stereocenters. The summed E-state index contributed by atoms with van der Waals surface area (Å²) < 4.78 is 0. The fraction of sp³-hybridized carbons (Fsp3) is 0.125. The number of hydrogen-bond donors (Lipinski definition) is 2. The summed E-state index contributed by atoms with van der Waals surface area (Å²) >= 11 is 0. The zero-order chi connectivity index (χ0) is 10.3. The summed E-state index contributed by atoms with van der Waals surface area (Å²) in [7, 11) is 1.80.